The zero-order valence-electron chi connectivity index (χ0n) is 19.7. The highest BCUT2D eigenvalue weighted by Gasteiger charge is 2.57. The van der Waals surface area contributed by atoms with Crippen LogP contribution in [0.2, 0.25) is 0 Å². The number of halogens is 3. The Labute approximate surface area is 209 Å². The van der Waals surface area contributed by atoms with Gasteiger partial charge in [-0.2, -0.15) is 13.2 Å². The molecule has 0 heterocycles. The Morgan fingerprint density at radius 3 is 1.64 bits per heavy atom. The SMILES string of the molecule is CC(C)(C)OC(=O)COc1ccc(S([OH+]S(=O)(=O)C(F)(F)F)(c2ccccc2)c2ccccc2)cc1. The van der Waals surface area contributed by atoms with Gasteiger partial charge in [-0.3, -0.25) is 3.63 Å². The highest BCUT2D eigenvalue weighted by molar-refractivity contribution is 8.32. The molecule has 3 aromatic carbocycles. The second kappa shape index (κ2) is 10.5. The molecular weight excluding hydrogens is 517 g/mol. The number of hydrogen-bond donors (Lipinski definition) is 0. The van der Waals surface area contributed by atoms with E-state index in [9.17, 15) is 26.4 Å². The summed E-state index contributed by atoms with van der Waals surface area (Å²) >= 11 is 0. The molecule has 11 heteroatoms. The largest absolute Gasteiger partial charge is 0.572 e. The second-order valence-electron chi connectivity index (χ2n) is 8.55. The summed E-state index contributed by atoms with van der Waals surface area (Å²) in [6.45, 7) is 4.77. The number of alkyl halides is 3. The van der Waals surface area contributed by atoms with Crippen LogP contribution < -0.4 is 4.74 Å². The minimum atomic E-state index is -5.88. The lowest BCUT2D eigenvalue weighted by atomic mass is 10.2. The van der Waals surface area contributed by atoms with E-state index in [2.05, 4.69) is 3.63 Å². The first-order valence-electron chi connectivity index (χ1n) is 10.7. The molecule has 0 atom stereocenters. The normalized spacial score (nSPS) is 13.2. The first-order chi connectivity index (χ1) is 16.7. The predicted octanol–water partition coefficient (Wildman–Crippen LogP) is 6.55. The summed E-state index contributed by atoms with van der Waals surface area (Å²) in [5, 5.41) is 0. The molecule has 0 spiro atoms. The lowest BCUT2D eigenvalue weighted by Crippen LogP contribution is -2.30. The van der Waals surface area contributed by atoms with Crippen LogP contribution in [0.1, 0.15) is 20.8 Å². The Morgan fingerprint density at radius 2 is 1.22 bits per heavy atom. The van der Waals surface area contributed by atoms with E-state index < -0.39 is 37.5 Å². The Hall–Kier alpha value is -3.02. The third-order valence-electron chi connectivity index (χ3n) is 4.61. The van der Waals surface area contributed by atoms with Gasteiger partial charge in [-0.15, -0.1) is 8.42 Å². The van der Waals surface area contributed by atoms with Crippen LogP contribution in [0, 0.1) is 0 Å². The van der Waals surface area contributed by atoms with Crippen molar-refractivity contribution in [1.29, 1.82) is 0 Å². The van der Waals surface area contributed by atoms with Crippen LogP contribution in [0.5, 0.6) is 5.75 Å². The second-order valence-corrected chi connectivity index (χ2v) is 13.1. The van der Waals surface area contributed by atoms with E-state index in [0.29, 0.717) is 9.79 Å². The monoisotopic (exact) mass is 543 g/mol. The Bertz CT molecular complexity index is 1230. The van der Waals surface area contributed by atoms with Crippen LogP contribution in [0.3, 0.4) is 0 Å². The van der Waals surface area contributed by atoms with Gasteiger partial charge in [0.15, 0.2) is 6.61 Å². The summed E-state index contributed by atoms with van der Waals surface area (Å²) in [7, 11) is -9.15. The highest BCUT2D eigenvalue weighted by atomic mass is 32.3. The topological polar surface area (TPSA) is 82.5 Å². The van der Waals surface area contributed by atoms with Gasteiger partial charge in [0.1, 0.15) is 11.4 Å². The van der Waals surface area contributed by atoms with Crippen LogP contribution in [0.15, 0.2) is 99.6 Å². The molecular formula is C25H26F3O6S2+. The molecule has 194 valence electrons. The molecule has 0 aromatic heterocycles. The van der Waals surface area contributed by atoms with E-state index in [1.54, 1.807) is 81.4 Å². The third-order valence-corrected chi connectivity index (χ3v) is 9.74. The lowest BCUT2D eigenvalue weighted by molar-refractivity contribution is -0.157. The molecule has 0 saturated carbocycles. The van der Waals surface area contributed by atoms with E-state index in [0.717, 1.165) is 0 Å². The maximum Gasteiger partial charge on any atom is 0.572 e. The van der Waals surface area contributed by atoms with E-state index >= 15 is 0 Å². The summed E-state index contributed by atoms with van der Waals surface area (Å²) in [6.07, 6.45) is 0. The quantitative estimate of drug-likeness (QED) is 0.139. The molecule has 0 aliphatic carbocycles. The van der Waals surface area contributed by atoms with Crippen LogP contribution in [-0.2, 0) is 19.6 Å². The zero-order valence-corrected chi connectivity index (χ0v) is 21.4. The molecule has 0 unspecified atom stereocenters. The number of rotatable bonds is 8. The number of ether oxygens (including phenoxy) is 2. The summed E-state index contributed by atoms with van der Waals surface area (Å²) in [6, 6.07) is 21.8. The van der Waals surface area contributed by atoms with Crippen molar-refractivity contribution in [1.82, 2.24) is 0 Å². The molecule has 0 bridgehead atoms. The Kier molecular flexibility index (Phi) is 8.07. The summed E-state index contributed by atoms with van der Waals surface area (Å²) in [4.78, 5) is 12.8. The molecule has 0 amide bonds. The van der Waals surface area contributed by atoms with Gasteiger partial charge in [-0.25, -0.2) is 4.79 Å². The van der Waals surface area contributed by atoms with Gasteiger partial charge in [0.05, 0.1) is 25.0 Å². The van der Waals surface area contributed by atoms with E-state index in [1.807, 2.05) is 0 Å². The molecule has 3 aromatic rings. The number of hydrogen-bond acceptors (Lipinski definition) is 5. The van der Waals surface area contributed by atoms with Crippen molar-refractivity contribution in [3.63, 3.8) is 0 Å². The standard InChI is InChI=1S/C25H25F3O6S2/c1-24(2,3)33-23(29)18-32-19-14-16-22(17-15-19)35(20-10-6-4-7-11-20,21-12-8-5-9-13-21)34-36(30,31)25(26,27)28/h4-17H,18H2,1-3H3/p+1. The van der Waals surface area contributed by atoms with Gasteiger partial charge in [0.2, 0.25) is 0 Å². The molecule has 0 aliphatic rings. The minimum Gasteiger partial charge on any atom is -0.482 e. The summed E-state index contributed by atoms with van der Waals surface area (Å²) in [5.74, 6) is -0.343. The van der Waals surface area contributed by atoms with Crippen molar-refractivity contribution in [3.8, 4) is 5.75 Å². The first-order valence-corrected chi connectivity index (χ1v) is 13.7. The van der Waals surface area contributed by atoms with Crippen molar-refractivity contribution in [2.75, 3.05) is 6.61 Å². The summed E-state index contributed by atoms with van der Waals surface area (Å²) < 4.78 is 79.6. The fraction of sp³-hybridized carbons (Fsp3) is 0.240. The average Bonchev–Trinajstić information content (AvgIpc) is 2.81. The molecule has 36 heavy (non-hydrogen) atoms. The molecule has 6 nitrogen and oxygen atoms in total. The maximum absolute atomic E-state index is 13.5. The third kappa shape index (κ3) is 6.40. The first kappa shape index (κ1) is 27.6. The van der Waals surface area contributed by atoms with Crippen LogP contribution >= 0.6 is 10.3 Å². The molecule has 0 fully saturated rings. The lowest BCUT2D eigenvalue weighted by Gasteiger charge is -2.34. The minimum absolute atomic E-state index is 0.234. The predicted molar refractivity (Wildman–Crippen MR) is 131 cm³/mol. The number of carbonyl (C=O) groups excluding carboxylic acids is 1. The van der Waals surface area contributed by atoms with E-state index in [-0.39, 0.29) is 17.3 Å². The van der Waals surface area contributed by atoms with Crippen molar-refractivity contribution in [2.24, 2.45) is 0 Å². The van der Waals surface area contributed by atoms with Gasteiger partial charge in [-0.05, 0) is 69.3 Å². The fourth-order valence-corrected chi connectivity index (χ4v) is 8.20. The average molecular weight is 544 g/mol. The molecule has 3 rings (SSSR count). The van der Waals surface area contributed by atoms with Crippen molar-refractivity contribution in [3.05, 3.63) is 84.9 Å². The van der Waals surface area contributed by atoms with Crippen molar-refractivity contribution >= 4 is 26.4 Å². The maximum atomic E-state index is 13.5. The van der Waals surface area contributed by atoms with Gasteiger partial charge < -0.3 is 9.47 Å². The highest BCUT2D eigenvalue weighted by Crippen LogP contribution is 2.68. The molecule has 1 N–H and O–H groups in total. The van der Waals surface area contributed by atoms with Crippen molar-refractivity contribution in [2.45, 2.75) is 46.6 Å². The van der Waals surface area contributed by atoms with Gasteiger partial charge in [0, 0.05) is 0 Å². The van der Waals surface area contributed by atoms with E-state index in [4.69, 9.17) is 9.47 Å². The van der Waals surface area contributed by atoms with Crippen molar-refractivity contribution < 1.29 is 39.5 Å². The molecule has 0 radical (unpaired) electrons. The van der Waals surface area contributed by atoms with Crippen LogP contribution in [0.4, 0.5) is 13.2 Å². The summed E-state index contributed by atoms with van der Waals surface area (Å²) in [5.41, 5.74) is -6.27. The Morgan fingerprint density at radius 1 is 0.778 bits per heavy atom. The Balaban J connectivity index is 2.09. The number of benzene rings is 3. The van der Waals surface area contributed by atoms with E-state index in [1.165, 1.54) is 24.3 Å². The van der Waals surface area contributed by atoms with Gasteiger partial charge in [0.25, 0.3) is 0 Å². The van der Waals surface area contributed by atoms with Crippen LogP contribution in [0.25, 0.3) is 0 Å². The fourth-order valence-electron chi connectivity index (χ4n) is 3.21. The van der Waals surface area contributed by atoms with Crippen LogP contribution in [-0.4, -0.2) is 35.7 Å². The molecule has 0 aliphatic heterocycles. The smallest absolute Gasteiger partial charge is 0.482 e. The number of esters is 1. The number of carbonyl (C=O) groups is 1. The van der Waals surface area contributed by atoms with Gasteiger partial charge in [-0.1, -0.05) is 36.4 Å². The molecule has 0 saturated heterocycles. The van der Waals surface area contributed by atoms with Gasteiger partial charge >= 0.3 is 21.6 Å². The zero-order chi connectivity index (χ0) is 26.6.